The van der Waals surface area contributed by atoms with Crippen molar-refractivity contribution in [1.82, 2.24) is 9.97 Å². The molecule has 0 aliphatic carbocycles. The summed E-state index contributed by atoms with van der Waals surface area (Å²) in [6.45, 7) is 13.8. The number of nitrogens with zero attached hydrogens (tertiary/aromatic N) is 2. The van der Waals surface area contributed by atoms with Gasteiger partial charge in [-0.05, 0) is 37.5 Å². The minimum absolute atomic E-state index is 0.0615. The van der Waals surface area contributed by atoms with Crippen molar-refractivity contribution in [2.75, 3.05) is 0 Å². The molecule has 0 saturated carbocycles. The quantitative estimate of drug-likeness (QED) is 0.827. The van der Waals surface area contributed by atoms with Crippen molar-refractivity contribution in [2.45, 2.75) is 64.1 Å². The molecule has 0 bridgehead atoms. The summed E-state index contributed by atoms with van der Waals surface area (Å²) in [5.74, 6) is 0.358. The van der Waals surface area contributed by atoms with Gasteiger partial charge in [-0.3, -0.25) is 0 Å². The Hall–Kier alpha value is -0.833. The molecule has 0 spiro atoms. The Kier molecular flexibility index (Phi) is 5.54. The van der Waals surface area contributed by atoms with Crippen molar-refractivity contribution in [3.05, 3.63) is 23.8 Å². The molecule has 126 valence electrons. The Balaban J connectivity index is 3.27. The molecule has 0 aromatic carbocycles. The summed E-state index contributed by atoms with van der Waals surface area (Å²) in [6, 6.07) is 0. The van der Waals surface area contributed by atoms with Gasteiger partial charge in [0.1, 0.15) is 11.4 Å². The molecule has 2 atom stereocenters. The van der Waals surface area contributed by atoms with Crippen LogP contribution in [-0.4, -0.2) is 32.0 Å². The van der Waals surface area contributed by atoms with E-state index in [1.54, 1.807) is 12.4 Å². The molecule has 0 aliphatic heterocycles. The predicted octanol–water partition coefficient (Wildman–Crippen LogP) is 2.52. The van der Waals surface area contributed by atoms with Crippen LogP contribution in [0.25, 0.3) is 0 Å². The zero-order chi connectivity index (χ0) is 17.3. The fourth-order valence-corrected chi connectivity index (χ4v) is 3.49. The van der Waals surface area contributed by atoms with Crippen molar-refractivity contribution in [3.63, 3.8) is 0 Å². The van der Waals surface area contributed by atoms with Gasteiger partial charge in [0.25, 0.3) is 0 Å². The van der Waals surface area contributed by atoms with E-state index in [-0.39, 0.29) is 5.04 Å². The smallest absolute Gasteiger partial charge is 0.214 e. The van der Waals surface area contributed by atoms with Crippen LogP contribution >= 0.6 is 0 Å². The molecule has 1 aromatic rings. The second kappa shape index (κ2) is 6.35. The highest BCUT2D eigenvalue weighted by Crippen LogP contribution is 2.40. The maximum atomic E-state index is 11.8. The van der Waals surface area contributed by atoms with Crippen molar-refractivity contribution in [2.24, 2.45) is 5.14 Å². The average Bonchev–Trinajstić information content (AvgIpc) is 2.34. The Morgan fingerprint density at radius 3 is 2.05 bits per heavy atom. The molecule has 0 saturated heterocycles. The van der Waals surface area contributed by atoms with Crippen LogP contribution < -0.4 is 5.14 Å². The van der Waals surface area contributed by atoms with Crippen LogP contribution in [0.4, 0.5) is 0 Å². The molecule has 0 radical (unpaired) electrons. The van der Waals surface area contributed by atoms with Gasteiger partial charge in [-0.2, -0.15) is 0 Å². The Labute approximate surface area is 134 Å². The van der Waals surface area contributed by atoms with E-state index in [1.807, 2.05) is 6.92 Å². The Morgan fingerprint density at radius 1 is 1.23 bits per heavy atom. The molecule has 1 heterocycles. The highest BCUT2D eigenvalue weighted by molar-refractivity contribution is 7.89. The summed E-state index contributed by atoms with van der Waals surface area (Å²) >= 11 is 0. The minimum Gasteiger partial charge on any atom is -0.405 e. The Morgan fingerprint density at radius 2 is 1.68 bits per heavy atom. The largest absolute Gasteiger partial charge is 0.405 e. The summed E-state index contributed by atoms with van der Waals surface area (Å²) in [4.78, 5) is 8.49. The van der Waals surface area contributed by atoms with Gasteiger partial charge >= 0.3 is 0 Å². The monoisotopic (exact) mass is 345 g/mol. The molecule has 0 amide bonds. The molecule has 0 aliphatic rings. The van der Waals surface area contributed by atoms with Crippen molar-refractivity contribution < 1.29 is 12.8 Å². The van der Waals surface area contributed by atoms with Gasteiger partial charge in [0.05, 0.1) is 0 Å². The number of primary sulfonamides is 1. The van der Waals surface area contributed by atoms with E-state index in [0.29, 0.717) is 5.82 Å². The first-order valence-electron chi connectivity index (χ1n) is 7.23. The number of aromatic nitrogens is 2. The van der Waals surface area contributed by atoms with E-state index >= 15 is 0 Å². The van der Waals surface area contributed by atoms with E-state index < -0.39 is 29.7 Å². The number of aryl methyl sites for hydroxylation is 1. The average molecular weight is 346 g/mol. The third kappa shape index (κ3) is 4.58. The molecule has 6 nitrogen and oxygen atoms in total. The molecule has 2 N–H and O–H groups in total. The third-order valence-electron chi connectivity index (χ3n) is 4.23. The standard InChI is InChI=1S/C14H27N3O3SSi/c1-10-8-16-13(17-9-10)12(11(2)21(15,18)19)20-22(6,7)14(3,4)5/h8-9,11-12H,1-7H3,(H2,15,18,19)/t11-,12+/m1/s1. The van der Waals surface area contributed by atoms with E-state index in [2.05, 4.69) is 43.8 Å². The number of hydrogen-bond acceptors (Lipinski definition) is 5. The fraction of sp³-hybridized carbons (Fsp3) is 0.714. The molecule has 8 heteroatoms. The summed E-state index contributed by atoms with van der Waals surface area (Å²) in [7, 11) is -5.97. The summed E-state index contributed by atoms with van der Waals surface area (Å²) in [5.41, 5.74) is 0.901. The highest BCUT2D eigenvalue weighted by Gasteiger charge is 2.43. The highest BCUT2D eigenvalue weighted by atomic mass is 32.2. The van der Waals surface area contributed by atoms with E-state index in [9.17, 15) is 8.42 Å². The van der Waals surface area contributed by atoms with E-state index in [4.69, 9.17) is 9.56 Å². The van der Waals surface area contributed by atoms with Crippen molar-refractivity contribution >= 4 is 18.3 Å². The number of rotatable bonds is 5. The minimum atomic E-state index is -3.76. The normalized spacial score (nSPS) is 16.4. The summed E-state index contributed by atoms with van der Waals surface area (Å²) in [5, 5.41) is 4.35. The van der Waals surface area contributed by atoms with Crippen LogP contribution in [0.3, 0.4) is 0 Å². The number of sulfonamides is 1. The SMILES string of the molecule is Cc1cnc([C@@H](O[Si](C)(C)C(C)(C)C)[C@@H](C)S(N)(=O)=O)nc1. The van der Waals surface area contributed by atoms with Gasteiger partial charge in [-0.15, -0.1) is 0 Å². The zero-order valence-electron chi connectivity index (χ0n) is 14.4. The lowest BCUT2D eigenvalue weighted by atomic mass is 10.2. The summed E-state index contributed by atoms with van der Waals surface area (Å²) in [6.07, 6.45) is 2.54. The zero-order valence-corrected chi connectivity index (χ0v) is 16.2. The van der Waals surface area contributed by atoms with Crippen LogP contribution in [-0.2, 0) is 14.4 Å². The van der Waals surface area contributed by atoms with Crippen LogP contribution in [0.15, 0.2) is 12.4 Å². The van der Waals surface area contributed by atoms with E-state index in [1.165, 1.54) is 6.92 Å². The van der Waals surface area contributed by atoms with Gasteiger partial charge in [-0.1, -0.05) is 20.8 Å². The molecule has 0 fully saturated rings. The number of nitrogens with two attached hydrogens (primary N) is 1. The molecule has 1 rings (SSSR count). The van der Waals surface area contributed by atoms with Gasteiger partial charge < -0.3 is 4.43 Å². The van der Waals surface area contributed by atoms with Crippen LogP contribution in [0.5, 0.6) is 0 Å². The predicted molar refractivity (Wildman–Crippen MR) is 90.4 cm³/mol. The maximum absolute atomic E-state index is 11.8. The van der Waals surface area contributed by atoms with E-state index in [0.717, 1.165) is 5.56 Å². The first kappa shape index (κ1) is 19.2. The van der Waals surface area contributed by atoms with Crippen molar-refractivity contribution in [1.29, 1.82) is 0 Å². The molecular weight excluding hydrogens is 318 g/mol. The van der Waals surface area contributed by atoms with Gasteiger partial charge in [0, 0.05) is 12.4 Å². The van der Waals surface area contributed by atoms with Gasteiger partial charge in [-0.25, -0.2) is 23.5 Å². The van der Waals surface area contributed by atoms with Crippen LogP contribution in [0.1, 0.15) is 45.2 Å². The molecule has 22 heavy (non-hydrogen) atoms. The lowest BCUT2D eigenvalue weighted by Gasteiger charge is -2.39. The van der Waals surface area contributed by atoms with Crippen LogP contribution in [0.2, 0.25) is 18.1 Å². The van der Waals surface area contributed by atoms with Gasteiger partial charge in [0.15, 0.2) is 14.1 Å². The fourth-order valence-electron chi connectivity index (χ4n) is 1.57. The molecule has 0 unspecified atom stereocenters. The second-order valence-corrected chi connectivity index (χ2v) is 13.9. The first-order valence-corrected chi connectivity index (χ1v) is 11.8. The van der Waals surface area contributed by atoms with Gasteiger partial charge in [0.2, 0.25) is 10.0 Å². The second-order valence-electron chi connectivity index (χ2n) is 7.21. The topological polar surface area (TPSA) is 95.2 Å². The Bertz CT molecular complexity index is 609. The third-order valence-corrected chi connectivity index (χ3v) is 9.97. The maximum Gasteiger partial charge on any atom is 0.214 e. The lowest BCUT2D eigenvalue weighted by molar-refractivity contribution is 0.172. The number of hydrogen-bond donors (Lipinski definition) is 1. The molecular formula is C14H27N3O3SSi. The first-order chi connectivity index (χ1) is 9.75. The summed E-state index contributed by atoms with van der Waals surface area (Å²) < 4.78 is 29.9. The molecule has 1 aromatic heterocycles. The van der Waals surface area contributed by atoms with Crippen LogP contribution in [0, 0.1) is 6.92 Å². The lowest BCUT2D eigenvalue weighted by Crippen LogP contribution is -2.46. The van der Waals surface area contributed by atoms with Crippen molar-refractivity contribution in [3.8, 4) is 0 Å².